The first kappa shape index (κ1) is 21.0. The Bertz CT molecular complexity index is 1140. The molecule has 0 aliphatic carbocycles. The molecule has 10 heteroatoms. The third-order valence-corrected chi connectivity index (χ3v) is 5.83. The van der Waals surface area contributed by atoms with Gasteiger partial charge in [0.25, 0.3) is 0 Å². The molecule has 0 aliphatic rings. The van der Waals surface area contributed by atoms with Crippen LogP contribution >= 0.6 is 0 Å². The molecule has 0 saturated heterocycles. The average molecular weight is 427 g/mol. The third-order valence-electron chi connectivity index (χ3n) is 4.43. The zero-order valence-corrected chi connectivity index (χ0v) is 16.3. The van der Waals surface area contributed by atoms with Gasteiger partial charge < -0.3 is 0 Å². The molecule has 0 radical (unpaired) electrons. The highest BCUT2D eigenvalue weighted by Crippen LogP contribution is 2.32. The molecule has 3 aromatic rings. The van der Waals surface area contributed by atoms with E-state index in [0.717, 1.165) is 11.8 Å². The van der Waals surface area contributed by atoms with Crippen LogP contribution in [0.4, 0.5) is 17.6 Å². The zero-order valence-electron chi connectivity index (χ0n) is 15.5. The minimum absolute atomic E-state index is 0.175. The van der Waals surface area contributed by atoms with Gasteiger partial charge in [-0.2, -0.15) is 18.3 Å². The first-order valence-corrected chi connectivity index (χ1v) is 9.96. The molecule has 1 N–H and O–H groups in total. The van der Waals surface area contributed by atoms with E-state index >= 15 is 0 Å². The number of rotatable bonds is 5. The van der Waals surface area contributed by atoms with Crippen molar-refractivity contribution in [2.45, 2.75) is 31.5 Å². The Morgan fingerprint density at radius 2 is 1.72 bits per heavy atom. The second kappa shape index (κ2) is 7.60. The summed E-state index contributed by atoms with van der Waals surface area (Å²) in [6.45, 7) is 3.29. The molecule has 29 heavy (non-hydrogen) atoms. The van der Waals surface area contributed by atoms with Crippen LogP contribution in [0.15, 0.2) is 53.4 Å². The molecule has 1 heterocycles. The van der Waals surface area contributed by atoms with Crippen LogP contribution in [0.1, 0.15) is 22.5 Å². The summed E-state index contributed by atoms with van der Waals surface area (Å²) in [5, 5.41) is 4.40. The van der Waals surface area contributed by atoms with E-state index in [2.05, 4.69) is 9.82 Å². The van der Waals surface area contributed by atoms with Gasteiger partial charge in [-0.15, -0.1) is 0 Å². The molecule has 3 rings (SSSR count). The Kier molecular flexibility index (Phi) is 5.50. The number of hydrogen-bond acceptors (Lipinski definition) is 3. The summed E-state index contributed by atoms with van der Waals surface area (Å²) in [4.78, 5) is -0.669. The van der Waals surface area contributed by atoms with Crippen LogP contribution in [0.5, 0.6) is 0 Å². The lowest BCUT2D eigenvalue weighted by atomic mass is 10.2. The third kappa shape index (κ3) is 4.33. The van der Waals surface area contributed by atoms with Gasteiger partial charge in [-0.1, -0.05) is 18.2 Å². The highest BCUT2D eigenvalue weighted by Gasteiger charge is 2.35. The van der Waals surface area contributed by atoms with Crippen molar-refractivity contribution in [3.8, 4) is 5.69 Å². The Balaban J connectivity index is 1.88. The number of aromatic nitrogens is 2. The van der Waals surface area contributed by atoms with E-state index in [1.165, 1.54) is 0 Å². The van der Waals surface area contributed by atoms with Crippen LogP contribution in [0.2, 0.25) is 0 Å². The number of alkyl halides is 3. The van der Waals surface area contributed by atoms with E-state index < -0.39 is 32.5 Å². The van der Waals surface area contributed by atoms with Crippen molar-refractivity contribution in [1.29, 1.82) is 0 Å². The van der Waals surface area contributed by atoms with Gasteiger partial charge in [0.1, 0.15) is 5.82 Å². The molecule has 0 aliphatic heterocycles. The van der Waals surface area contributed by atoms with Crippen LogP contribution < -0.4 is 4.72 Å². The Morgan fingerprint density at radius 3 is 2.34 bits per heavy atom. The summed E-state index contributed by atoms with van der Waals surface area (Å²) < 4.78 is 80.9. The summed E-state index contributed by atoms with van der Waals surface area (Å²) >= 11 is 0. The maximum atomic E-state index is 13.4. The highest BCUT2D eigenvalue weighted by molar-refractivity contribution is 7.89. The lowest BCUT2D eigenvalue weighted by Gasteiger charge is -2.11. The Labute approximate surface area is 165 Å². The van der Waals surface area contributed by atoms with Gasteiger partial charge >= 0.3 is 6.18 Å². The van der Waals surface area contributed by atoms with Crippen LogP contribution in [0, 0.1) is 19.7 Å². The molecule has 2 aromatic carbocycles. The van der Waals surface area contributed by atoms with Crippen LogP contribution in [-0.2, 0) is 22.7 Å². The number of benzene rings is 2. The van der Waals surface area contributed by atoms with Gasteiger partial charge in [0.15, 0.2) is 0 Å². The van der Waals surface area contributed by atoms with Crippen LogP contribution in [0.3, 0.4) is 0 Å². The SMILES string of the molecule is Cc1nn(-c2ccccc2)c(C)c1CNS(=O)(=O)c1ccc(F)c(C(F)(F)F)c1. The van der Waals surface area contributed by atoms with Gasteiger partial charge in [0.05, 0.1) is 21.8 Å². The van der Waals surface area contributed by atoms with E-state index in [1.807, 2.05) is 30.3 Å². The standard InChI is InChI=1S/C19H17F4N3O2S/c1-12-16(13(2)26(25-12)14-6-4-3-5-7-14)11-24-29(27,28)15-8-9-18(20)17(10-15)19(21,22)23/h3-10,24H,11H2,1-2H3. The molecule has 5 nitrogen and oxygen atoms in total. The predicted octanol–water partition coefficient (Wildman–Crippen LogP) is 4.13. The summed E-state index contributed by atoms with van der Waals surface area (Å²) in [5.74, 6) is -1.53. The van der Waals surface area contributed by atoms with Crippen molar-refractivity contribution < 1.29 is 26.0 Å². The van der Waals surface area contributed by atoms with Gasteiger partial charge in [-0.05, 0) is 44.2 Å². The summed E-state index contributed by atoms with van der Waals surface area (Å²) in [6, 6.07) is 10.8. The minimum Gasteiger partial charge on any atom is -0.238 e. The van der Waals surface area contributed by atoms with E-state index in [-0.39, 0.29) is 12.6 Å². The minimum atomic E-state index is -5.00. The number of sulfonamides is 1. The molecule has 0 unspecified atom stereocenters. The number of nitrogens with zero attached hydrogens (tertiary/aromatic N) is 2. The van der Waals surface area contributed by atoms with E-state index in [0.29, 0.717) is 23.0 Å². The van der Waals surface area contributed by atoms with Crippen molar-refractivity contribution in [2.75, 3.05) is 0 Å². The van der Waals surface area contributed by atoms with E-state index in [9.17, 15) is 26.0 Å². The largest absolute Gasteiger partial charge is 0.419 e. The van der Waals surface area contributed by atoms with Crippen LogP contribution in [-0.4, -0.2) is 18.2 Å². The Hall–Kier alpha value is -2.72. The first-order chi connectivity index (χ1) is 13.5. The highest BCUT2D eigenvalue weighted by atomic mass is 32.2. The molecule has 0 saturated carbocycles. The number of para-hydroxylation sites is 1. The van der Waals surface area contributed by atoms with Crippen LogP contribution in [0.25, 0.3) is 5.69 Å². The monoisotopic (exact) mass is 427 g/mol. The van der Waals surface area contributed by atoms with Gasteiger partial charge in [-0.25, -0.2) is 22.2 Å². The van der Waals surface area contributed by atoms with E-state index in [1.54, 1.807) is 18.5 Å². The zero-order chi connectivity index (χ0) is 21.4. The fourth-order valence-electron chi connectivity index (χ4n) is 2.89. The second-order valence-corrected chi connectivity index (χ2v) is 8.13. The van der Waals surface area contributed by atoms with Gasteiger partial charge in [0, 0.05) is 17.8 Å². The van der Waals surface area contributed by atoms with Crippen molar-refractivity contribution in [2.24, 2.45) is 0 Å². The van der Waals surface area contributed by atoms with Crippen molar-refractivity contribution in [1.82, 2.24) is 14.5 Å². The molecular formula is C19H17F4N3O2S. The summed E-state index contributed by atoms with van der Waals surface area (Å²) in [6.07, 6.45) is -5.00. The molecule has 0 amide bonds. The number of hydrogen-bond donors (Lipinski definition) is 1. The number of nitrogens with one attached hydrogen (secondary N) is 1. The van der Waals surface area contributed by atoms with E-state index in [4.69, 9.17) is 0 Å². The normalized spacial score (nSPS) is 12.3. The molecule has 0 spiro atoms. The predicted molar refractivity (Wildman–Crippen MR) is 98.5 cm³/mol. The lowest BCUT2D eigenvalue weighted by Crippen LogP contribution is -2.24. The quantitative estimate of drug-likeness (QED) is 0.623. The van der Waals surface area contributed by atoms with Gasteiger partial charge in [-0.3, -0.25) is 0 Å². The summed E-state index contributed by atoms with van der Waals surface area (Å²) in [5.41, 5.74) is 1.01. The second-order valence-electron chi connectivity index (χ2n) is 6.36. The first-order valence-electron chi connectivity index (χ1n) is 8.47. The molecule has 0 atom stereocenters. The Morgan fingerprint density at radius 1 is 1.07 bits per heavy atom. The maximum absolute atomic E-state index is 13.4. The average Bonchev–Trinajstić information content (AvgIpc) is 2.94. The molecular weight excluding hydrogens is 410 g/mol. The van der Waals surface area contributed by atoms with Crippen molar-refractivity contribution >= 4 is 10.0 Å². The van der Waals surface area contributed by atoms with Crippen molar-refractivity contribution in [3.05, 3.63) is 76.9 Å². The van der Waals surface area contributed by atoms with Crippen molar-refractivity contribution in [3.63, 3.8) is 0 Å². The number of aryl methyl sites for hydroxylation is 1. The topological polar surface area (TPSA) is 64.0 Å². The molecule has 0 fully saturated rings. The lowest BCUT2D eigenvalue weighted by molar-refractivity contribution is -0.140. The fraction of sp³-hybridized carbons (Fsp3) is 0.211. The van der Waals surface area contributed by atoms with Gasteiger partial charge in [0.2, 0.25) is 10.0 Å². The molecule has 154 valence electrons. The number of halogens is 4. The smallest absolute Gasteiger partial charge is 0.238 e. The molecule has 0 bridgehead atoms. The fourth-order valence-corrected chi connectivity index (χ4v) is 3.91. The molecule has 1 aromatic heterocycles. The maximum Gasteiger partial charge on any atom is 0.419 e. The summed E-state index contributed by atoms with van der Waals surface area (Å²) in [7, 11) is -4.30.